The lowest BCUT2D eigenvalue weighted by molar-refractivity contribution is 1.15. The van der Waals surface area contributed by atoms with Crippen molar-refractivity contribution < 1.29 is 0 Å². The molecule has 8 nitrogen and oxygen atoms in total. The van der Waals surface area contributed by atoms with Gasteiger partial charge in [0.25, 0.3) is 0 Å². The van der Waals surface area contributed by atoms with Crippen LogP contribution in [0.2, 0.25) is 0 Å². The number of fused-ring (bicyclic) bond motifs is 20. The summed E-state index contributed by atoms with van der Waals surface area (Å²) in [5, 5.41) is 29.3. The number of hydrogen-bond acceptors (Lipinski definition) is 2. The summed E-state index contributed by atoms with van der Waals surface area (Å²) in [6.07, 6.45) is 0. The van der Waals surface area contributed by atoms with E-state index >= 15 is 0 Å². The molecule has 0 bridgehead atoms. The van der Waals surface area contributed by atoms with Crippen molar-refractivity contribution in [1.82, 2.24) is 26.7 Å². The normalized spacial score (nSPS) is 12.1. The van der Waals surface area contributed by atoms with Gasteiger partial charge in [-0.15, -0.1) is 0 Å². The van der Waals surface area contributed by atoms with Crippen LogP contribution in [0.3, 0.4) is 0 Å². The van der Waals surface area contributed by atoms with Gasteiger partial charge in [-0.2, -0.15) is 10.5 Å². The summed E-state index contributed by atoms with van der Waals surface area (Å²) in [7, 11) is 0. The average molecular weight is 1040 g/mol. The highest BCUT2D eigenvalue weighted by molar-refractivity contribution is 6.29. The lowest BCUT2D eigenvalue weighted by atomic mass is 9.96. The average Bonchev–Trinajstić information content (AvgIpc) is 3.68. The summed E-state index contributed by atoms with van der Waals surface area (Å²) in [6.45, 7) is 0. The molecule has 8 heteroatoms. The molecule has 18 rings (SSSR count). The van der Waals surface area contributed by atoms with Gasteiger partial charge < -0.3 is 26.7 Å². The van der Waals surface area contributed by atoms with Crippen molar-refractivity contribution in [3.8, 4) is 34.6 Å². The van der Waals surface area contributed by atoms with Crippen molar-refractivity contribution in [3.63, 3.8) is 0 Å². The van der Waals surface area contributed by atoms with E-state index in [9.17, 15) is 10.5 Å². The van der Waals surface area contributed by atoms with Crippen molar-refractivity contribution in [2.24, 2.45) is 0 Å². The summed E-state index contributed by atoms with van der Waals surface area (Å²) in [6, 6.07) is 96.5. The van der Waals surface area contributed by atoms with Gasteiger partial charge >= 0.3 is 0 Å². The molecule has 6 aromatic heterocycles. The molecular weight excluding hydrogens is 1000 g/mol. The standard InChI is InChI=1S/C74H42N8/c75-43-45-29-34-48(35-30-45)77-63-22-8-12-26-67(63)80-59-19-5-2-16-51(59)57-42-55(70-54-17-3-6-20-60(54)82(74(70)73(57)80)69-28-14-10-24-65(69)77)47-32-36-49(37-33-47)78-62-21-7-11-25-66(62)79-58-18-4-1-15-50(58)52-38-39-53-56-41-46(44-76)31-40-61(56)81(72(53)71(52)79)68-27-13-9-23-64(68)78/h1-42H. The maximum absolute atomic E-state index is 10.2. The fourth-order valence-corrected chi connectivity index (χ4v) is 14.1. The smallest absolute Gasteiger partial charge is 0.0991 e. The highest BCUT2D eigenvalue weighted by atomic mass is 15.1. The van der Waals surface area contributed by atoms with Crippen LogP contribution >= 0.6 is 0 Å². The molecule has 18 aromatic rings. The zero-order chi connectivity index (χ0) is 53.9. The van der Waals surface area contributed by atoms with Crippen LogP contribution < -0.4 is 0 Å². The second-order valence-corrected chi connectivity index (χ2v) is 21.5. The van der Waals surface area contributed by atoms with E-state index in [1.807, 2.05) is 24.3 Å². The first-order valence-corrected chi connectivity index (χ1v) is 27.6. The Morgan fingerprint density at radius 2 is 0.598 bits per heavy atom. The summed E-state index contributed by atoms with van der Waals surface area (Å²) in [5.74, 6) is 0. The molecule has 0 saturated carbocycles. The molecule has 378 valence electrons. The predicted molar refractivity (Wildman–Crippen MR) is 336 cm³/mol. The Kier molecular flexibility index (Phi) is 8.93. The molecule has 0 N–H and O–H groups in total. The van der Waals surface area contributed by atoms with Gasteiger partial charge in [0.15, 0.2) is 0 Å². The van der Waals surface area contributed by atoms with E-state index in [4.69, 9.17) is 0 Å². The third kappa shape index (κ3) is 5.81. The largest absolute Gasteiger partial charge is 0.306 e. The molecule has 0 fully saturated rings. The second kappa shape index (κ2) is 16.5. The van der Waals surface area contributed by atoms with Crippen LogP contribution in [0.25, 0.3) is 154 Å². The van der Waals surface area contributed by atoms with Gasteiger partial charge in [-0.1, -0.05) is 127 Å². The van der Waals surface area contributed by atoms with Gasteiger partial charge in [0, 0.05) is 54.5 Å². The zero-order valence-electron chi connectivity index (χ0n) is 43.8. The molecule has 82 heavy (non-hydrogen) atoms. The van der Waals surface area contributed by atoms with Gasteiger partial charge in [-0.25, -0.2) is 0 Å². The predicted octanol–water partition coefficient (Wildman–Crippen LogP) is 18.3. The van der Waals surface area contributed by atoms with E-state index in [0.717, 1.165) is 138 Å². The van der Waals surface area contributed by atoms with Crippen LogP contribution in [0, 0.1) is 22.7 Å². The fourth-order valence-electron chi connectivity index (χ4n) is 14.1. The van der Waals surface area contributed by atoms with Crippen molar-refractivity contribution >= 4 is 131 Å². The van der Waals surface area contributed by atoms with E-state index in [-0.39, 0.29) is 0 Å². The first kappa shape index (κ1) is 44.4. The van der Waals surface area contributed by atoms with Crippen LogP contribution in [0.1, 0.15) is 11.1 Å². The molecule has 12 aromatic carbocycles. The van der Waals surface area contributed by atoms with Gasteiger partial charge in [0.1, 0.15) is 0 Å². The van der Waals surface area contributed by atoms with Crippen LogP contribution in [0.5, 0.6) is 0 Å². The minimum absolute atomic E-state index is 0.612. The Morgan fingerprint density at radius 3 is 1.09 bits per heavy atom. The van der Waals surface area contributed by atoms with Gasteiger partial charge in [-0.05, 0) is 139 Å². The number of rotatable bonds is 3. The number of hydrogen-bond donors (Lipinski definition) is 0. The summed E-state index contributed by atoms with van der Waals surface area (Å²) >= 11 is 0. The second-order valence-electron chi connectivity index (χ2n) is 21.5. The zero-order valence-corrected chi connectivity index (χ0v) is 43.8. The number of nitrogens with zero attached hydrogens (tertiary/aromatic N) is 8. The van der Waals surface area contributed by atoms with Crippen molar-refractivity contribution in [3.05, 3.63) is 266 Å². The highest BCUT2D eigenvalue weighted by Gasteiger charge is 2.25. The molecule has 0 unspecified atom stereocenters. The minimum atomic E-state index is 0.612. The Balaban J connectivity index is 0.992. The van der Waals surface area contributed by atoms with E-state index in [2.05, 4.69) is 269 Å². The van der Waals surface area contributed by atoms with E-state index < -0.39 is 0 Å². The van der Waals surface area contributed by atoms with Crippen molar-refractivity contribution in [2.75, 3.05) is 0 Å². The molecule has 0 atom stereocenters. The molecular formula is C74H42N8. The van der Waals surface area contributed by atoms with E-state index in [1.165, 1.54) is 16.2 Å². The molecule has 0 aliphatic rings. The SMILES string of the molecule is N#Cc1ccc(-n2c3ccccc3n3c4ccccc4c4cc(-c5ccc(-n6c7ccccc7n7c8ccccc8c8ccc9c%10cc(C#N)ccc%10n(c%10ccccc%106)c9c87)cc5)c5c6ccccc6n(c6ccccc62)c5c43)cc1. The lowest BCUT2D eigenvalue weighted by Crippen LogP contribution is -2.00. The van der Waals surface area contributed by atoms with E-state index in [0.29, 0.717) is 11.1 Å². The molecule has 6 heterocycles. The van der Waals surface area contributed by atoms with Crippen LogP contribution in [0.4, 0.5) is 0 Å². The van der Waals surface area contributed by atoms with Crippen molar-refractivity contribution in [1.29, 1.82) is 10.5 Å². The topological polar surface area (TPSA) is 75.1 Å². The van der Waals surface area contributed by atoms with Crippen LogP contribution in [-0.2, 0) is 0 Å². The van der Waals surface area contributed by atoms with Gasteiger partial charge in [0.2, 0.25) is 0 Å². The van der Waals surface area contributed by atoms with Crippen LogP contribution in [-0.4, -0.2) is 26.7 Å². The maximum Gasteiger partial charge on any atom is 0.0991 e. The third-order valence-electron chi connectivity index (χ3n) is 17.4. The molecule has 0 amide bonds. The highest BCUT2D eigenvalue weighted by Crippen LogP contribution is 2.47. The molecule has 0 spiro atoms. The number of nitriles is 2. The quantitative estimate of drug-likeness (QED) is 0.177. The van der Waals surface area contributed by atoms with Gasteiger partial charge in [-0.3, -0.25) is 0 Å². The Morgan fingerprint density at radius 1 is 0.244 bits per heavy atom. The first-order valence-electron chi connectivity index (χ1n) is 27.6. The van der Waals surface area contributed by atoms with Crippen molar-refractivity contribution in [2.45, 2.75) is 0 Å². The first-order chi connectivity index (χ1) is 40.6. The number of aromatic nitrogens is 6. The van der Waals surface area contributed by atoms with Gasteiger partial charge in [0.05, 0.1) is 112 Å². The third-order valence-corrected chi connectivity index (χ3v) is 17.4. The molecule has 0 saturated heterocycles. The molecule has 0 aliphatic heterocycles. The Labute approximate surface area is 466 Å². The maximum atomic E-state index is 10.2. The van der Waals surface area contributed by atoms with Crippen LogP contribution in [0.15, 0.2) is 255 Å². The lowest BCUT2D eigenvalue weighted by Gasteiger charge is -2.15. The number of benzene rings is 12. The Bertz CT molecular complexity index is 6020. The molecule has 0 radical (unpaired) electrons. The fraction of sp³-hybridized carbons (Fsp3) is 0. The molecule has 0 aliphatic carbocycles. The van der Waals surface area contributed by atoms with E-state index in [1.54, 1.807) is 0 Å². The monoisotopic (exact) mass is 1040 g/mol. The summed E-state index contributed by atoms with van der Waals surface area (Å²) < 4.78 is 14.7. The number of para-hydroxylation sites is 11. The summed E-state index contributed by atoms with van der Waals surface area (Å²) in [4.78, 5) is 0. The minimum Gasteiger partial charge on any atom is -0.306 e. The Hall–Kier alpha value is -11.6. The summed E-state index contributed by atoms with van der Waals surface area (Å²) in [5.41, 5.74) is 22.6.